The Labute approximate surface area is 83.1 Å². The van der Waals surface area contributed by atoms with Gasteiger partial charge in [-0.3, -0.25) is 4.90 Å². The lowest BCUT2D eigenvalue weighted by atomic mass is 10.1. The summed E-state index contributed by atoms with van der Waals surface area (Å²) < 4.78 is 1.16. The predicted molar refractivity (Wildman–Crippen MR) is 57.2 cm³/mol. The molecule has 66 valence electrons. The molecule has 1 saturated heterocycles. The van der Waals surface area contributed by atoms with Gasteiger partial charge in [0.15, 0.2) is 0 Å². The van der Waals surface area contributed by atoms with Crippen LogP contribution >= 0.6 is 22.6 Å². The summed E-state index contributed by atoms with van der Waals surface area (Å²) in [5, 5.41) is 0. The van der Waals surface area contributed by atoms with Gasteiger partial charge >= 0.3 is 0 Å². The minimum Gasteiger partial charge on any atom is -0.306 e. The molecule has 1 rings (SSSR count). The number of alkyl halides is 1. The van der Waals surface area contributed by atoms with E-state index < -0.39 is 0 Å². The van der Waals surface area contributed by atoms with E-state index >= 15 is 0 Å². The van der Waals surface area contributed by atoms with Gasteiger partial charge in [-0.1, -0.05) is 22.6 Å². The lowest BCUT2D eigenvalue weighted by Crippen LogP contribution is -2.41. The minimum atomic E-state index is 0.836. The van der Waals surface area contributed by atoms with Gasteiger partial charge in [-0.15, -0.1) is 0 Å². The molecule has 0 aromatic heterocycles. The van der Waals surface area contributed by atoms with Crippen LogP contribution in [0.2, 0.25) is 0 Å². The fraction of sp³-hybridized carbons (Fsp3) is 1.00. The van der Waals surface area contributed by atoms with E-state index in [4.69, 9.17) is 0 Å². The van der Waals surface area contributed by atoms with Crippen molar-refractivity contribution < 1.29 is 0 Å². The van der Waals surface area contributed by atoms with E-state index in [0.29, 0.717) is 0 Å². The molecule has 0 N–H and O–H groups in total. The van der Waals surface area contributed by atoms with Crippen LogP contribution in [0.15, 0.2) is 0 Å². The standard InChI is InChI=1S/C8H17IN2/c1-10-5-3-8(4-6-10)11(2)7-9/h8H,3-7H2,1-2H3. The van der Waals surface area contributed by atoms with Crippen LogP contribution in [0.1, 0.15) is 12.8 Å². The topological polar surface area (TPSA) is 6.48 Å². The zero-order valence-electron chi connectivity index (χ0n) is 7.39. The van der Waals surface area contributed by atoms with Gasteiger partial charge in [0.25, 0.3) is 0 Å². The van der Waals surface area contributed by atoms with Crippen molar-refractivity contribution >= 4 is 22.6 Å². The average Bonchev–Trinajstić information content (AvgIpc) is 2.05. The summed E-state index contributed by atoms with van der Waals surface area (Å²) in [7, 11) is 4.43. The first-order chi connectivity index (χ1) is 5.24. The van der Waals surface area contributed by atoms with E-state index in [1.165, 1.54) is 25.9 Å². The highest BCUT2D eigenvalue weighted by molar-refractivity contribution is 14.1. The average molecular weight is 268 g/mol. The van der Waals surface area contributed by atoms with Crippen LogP contribution in [0.4, 0.5) is 0 Å². The number of likely N-dealkylation sites (tertiary alicyclic amines) is 1. The molecule has 0 amide bonds. The van der Waals surface area contributed by atoms with Crippen LogP contribution in [0, 0.1) is 0 Å². The highest BCUT2D eigenvalue weighted by Crippen LogP contribution is 2.14. The Hall–Kier alpha value is 0.650. The van der Waals surface area contributed by atoms with Gasteiger partial charge in [-0.2, -0.15) is 0 Å². The van der Waals surface area contributed by atoms with E-state index in [1.807, 2.05) is 0 Å². The van der Waals surface area contributed by atoms with E-state index in [9.17, 15) is 0 Å². The molecule has 0 atom stereocenters. The molecule has 1 fully saturated rings. The van der Waals surface area contributed by atoms with Crippen molar-refractivity contribution in [2.24, 2.45) is 0 Å². The molecule has 0 aliphatic carbocycles. The molecular formula is C8H17IN2. The largest absolute Gasteiger partial charge is 0.306 e. The number of hydrogen-bond acceptors (Lipinski definition) is 2. The van der Waals surface area contributed by atoms with Crippen molar-refractivity contribution in [2.45, 2.75) is 18.9 Å². The molecule has 0 saturated carbocycles. The molecule has 0 radical (unpaired) electrons. The van der Waals surface area contributed by atoms with E-state index in [-0.39, 0.29) is 0 Å². The fourth-order valence-electron chi connectivity index (χ4n) is 1.53. The monoisotopic (exact) mass is 268 g/mol. The lowest BCUT2D eigenvalue weighted by molar-refractivity contribution is 0.164. The third-order valence-electron chi connectivity index (χ3n) is 2.50. The summed E-state index contributed by atoms with van der Waals surface area (Å²) in [5.41, 5.74) is 0. The molecule has 1 aliphatic heterocycles. The smallest absolute Gasteiger partial charge is 0.0505 e. The molecule has 0 unspecified atom stereocenters. The molecule has 0 aromatic carbocycles. The quantitative estimate of drug-likeness (QED) is 0.424. The Morgan fingerprint density at radius 1 is 1.45 bits per heavy atom. The van der Waals surface area contributed by atoms with Crippen LogP contribution < -0.4 is 0 Å². The first-order valence-electron chi connectivity index (χ1n) is 4.19. The van der Waals surface area contributed by atoms with Crippen molar-refractivity contribution in [3.8, 4) is 0 Å². The normalized spacial score (nSPS) is 22.9. The zero-order chi connectivity index (χ0) is 8.27. The summed E-state index contributed by atoms with van der Waals surface area (Å²) in [4.78, 5) is 4.87. The predicted octanol–water partition coefficient (Wildman–Crippen LogP) is 1.40. The van der Waals surface area contributed by atoms with Gasteiger partial charge in [0.05, 0.1) is 4.55 Å². The summed E-state index contributed by atoms with van der Waals surface area (Å²) in [5.74, 6) is 0. The van der Waals surface area contributed by atoms with Gasteiger partial charge in [0.2, 0.25) is 0 Å². The third-order valence-corrected chi connectivity index (χ3v) is 3.58. The third kappa shape index (κ3) is 2.87. The lowest BCUT2D eigenvalue weighted by Gasteiger charge is -2.34. The first-order valence-corrected chi connectivity index (χ1v) is 5.71. The second-order valence-corrected chi connectivity index (χ2v) is 4.09. The summed E-state index contributed by atoms with van der Waals surface area (Å²) in [6, 6.07) is 0.836. The number of halogens is 1. The first kappa shape index (κ1) is 9.74. The van der Waals surface area contributed by atoms with Gasteiger partial charge in [-0.05, 0) is 40.0 Å². The maximum atomic E-state index is 2.45. The fourth-order valence-corrected chi connectivity index (χ4v) is 2.09. The molecular weight excluding hydrogens is 251 g/mol. The number of piperidine rings is 1. The van der Waals surface area contributed by atoms with E-state index in [0.717, 1.165) is 10.6 Å². The molecule has 2 nitrogen and oxygen atoms in total. The highest BCUT2D eigenvalue weighted by atomic mass is 127. The number of nitrogens with zero attached hydrogens (tertiary/aromatic N) is 2. The van der Waals surface area contributed by atoms with Crippen molar-refractivity contribution in [3.63, 3.8) is 0 Å². The van der Waals surface area contributed by atoms with Gasteiger partial charge in [-0.25, -0.2) is 0 Å². The Kier molecular flexibility index (Phi) is 4.09. The maximum absolute atomic E-state index is 2.45. The molecule has 11 heavy (non-hydrogen) atoms. The second-order valence-electron chi connectivity index (χ2n) is 3.41. The molecule has 1 aliphatic rings. The summed E-state index contributed by atoms with van der Waals surface area (Å²) in [6.07, 6.45) is 2.69. The van der Waals surface area contributed by atoms with Crippen molar-refractivity contribution in [1.29, 1.82) is 0 Å². The Balaban J connectivity index is 2.27. The van der Waals surface area contributed by atoms with Crippen LogP contribution in [0.5, 0.6) is 0 Å². The van der Waals surface area contributed by atoms with Crippen LogP contribution in [-0.2, 0) is 0 Å². The van der Waals surface area contributed by atoms with Crippen LogP contribution in [0.25, 0.3) is 0 Å². The van der Waals surface area contributed by atoms with Gasteiger partial charge in [0, 0.05) is 6.04 Å². The zero-order valence-corrected chi connectivity index (χ0v) is 9.54. The van der Waals surface area contributed by atoms with E-state index in [2.05, 4.69) is 46.5 Å². The highest BCUT2D eigenvalue weighted by Gasteiger charge is 2.19. The number of hydrogen-bond donors (Lipinski definition) is 0. The molecule has 0 spiro atoms. The van der Waals surface area contributed by atoms with Crippen molar-refractivity contribution in [3.05, 3.63) is 0 Å². The number of rotatable bonds is 2. The maximum Gasteiger partial charge on any atom is 0.0505 e. The minimum absolute atomic E-state index is 0.836. The molecule has 0 aromatic rings. The Morgan fingerprint density at radius 3 is 2.45 bits per heavy atom. The van der Waals surface area contributed by atoms with Crippen molar-refractivity contribution in [1.82, 2.24) is 9.80 Å². The van der Waals surface area contributed by atoms with Crippen LogP contribution in [0.3, 0.4) is 0 Å². The van der Waals surface area contributed by atoms with Crippen LogP contribution in [-0.4, -0.2) is 47.6 Å². The molecule has 1 heterocycles. The van der Waals surface area contributed by atoms with Gasteiger partial charge in [0.1, 0.15) is 0 Å². The second kappa shape index (κ2) is 4.62. The van der Waals surface area contributed by atoms with Crippen molar-refractivity contribution in [2.75, 3.05) is 31.7 Å². The molecule has 0 bridgehead atoms. The SMILES string of the molecule is CN1CCC(N(C)CI)CC1. The summed E-state index contributed by atoms with van der Waals surface area (Å²) >= 11 is 2.43. The summed E-state index contributed by atoms with van der Waals surface area (Å²) in [6.45, 7) is 2.54. The Morgan fingerprint density at radius 2 is 2.00 bits per heavy atom. The van der Waals surface area contributed by atoms with E-state index in [1.54, 1.807) is 0 Å². The Bertz CT molecular complexity index is 111. The van der Waals surface area contributed by atoms with Gasteiger partial charge < -0.3 is 4.90 Å². The molecule has 3 heteroatoms.